The summed E-state index contributed by atoms with van der Waals surface area (Å²) in [6, 6.07) is 2.89. The van der Waals surface area contributed by atoms with Gasteiger partial charge >= 0.3 is 0 Å². The molecule has 2 aromatic rings. The molecule has 6 heteroatoms. The summed E-state index contributed by atoms with van der Waals surface area (Å²) in [6.07, 6.45) is 5.05. The molecule has 0 N–H and O–H groups in total. The topological polar surface area (TPSA) is 58.3 Å². The Balaban J connectivity index is 1.46. The molecule has 22 heavy (non-hydrogen) atoms. The first-order valence-electron chi connectivity index (χ1n) is 7.92. The first-order valence-corrected chi connectivity index (χ1v) is 7.92. The molecule has 2 aliphatic rings. The molecule has 0 saturated carbocycles. The largest absolute Gasteiger partial charge is 0.432 e. The molecule has 0 bridgehead atoms. The molecule has 2 atom stereocenters. The van der Waals surface area contributed by atoms with Gasteiger partial charge in [-0.3, -0.25) is 0 Å². The van der Waals surface area contributed by atoms with Crippen LogP contribution in [0, 0.1) is 11.8 Å². The second-order valence-corrected chi connectivity index (χ2v) is 6.60. The summed E-state index contributed by atoms with van der Waals surface area (Å²) in [5.41, 5.74) is 1.11. The minimum absolute atomic E-state index is 0.435. The first kappa shape index (κ1) is 13.5. The quantitative estimate of drug-likeness (QED) is 0.865. The molecule has 0 spiro atoms. The van der Waals surface area contributed by atoms with Crippen LogP contribution < -0.4 is 9.80 Å². The van der Waals surface area contributed by atoms with E-state index in [1.807, 2.05) is 0 Å². The van der Waals surface area contributed by atoms with Gasteiger partial charge in [0.15, 0.2) is 0 Å². The van der Waals surface area contributed by atoms with Crippen LogP contribution in [-0.2, 0) is 0 Å². The Morgan fingerprint density at radius 1 is 1.05 bits per heavy atom. The van der Waals surface area contributed by atoms with Crippen LogP contribution in [0.15, 0.2) is 29.3 Å². The molecule has 0 radical (unpaired) electrons. The molecule has 2 saturated heterocycles. The Kier molecular flexibility index (Phi) is 3.24. The smallest absolute Gasteiger partial charge is 0.297 e. The number of aromatic nitrogens is 3. The first-order chi connectivity index (χ1) is 10.7. The average Bonchev–Trinajstić information content (AvgIpc) is 3.22. The third-order valence-corrected chi connectivity index (χ3v) is 4.77. The zero-order chi connectivity index (χ0) is 15.1. The van der Waals surface area contributed by atoms with Crippen LogP contribution in [0.1, 0.15) is 25.5 Å². The van der Waals surface area contributed by atoms with Crippen LogP contribution in [0.4, 0.5) is 11.8 Å². The number of oxazole rings is 1. The van der Waals surface area contributed by atoms with Crippen molar-refractivity contribution in [1.29, 1.82) is 0 Å². The van der Waals surface area contributed by atoms with Crippen molar-refractivity contribution in [2.24, 2.45) is 11.8 Å². The number of hydrogen-bond donors (Lipinski definition) is 0. The molecule has 4 rings (SSSR count). The van der Waals surface area contributed by atoms with Gasteiger partial charge in [-0.2, -0.15) is 0 Å². The molecule has 0 aromatic carbocycles. The van der Waals surface area contributed by atoms with Crippen molar-refractivity contribution < 1.29 is 4.42 Å². The molecule has 2 aromatic heterocycles. The summed E-state index contributed by atoms with van der Waals surface area (Å²) in [5.74, 6) is 2.81. The van der Waals surface area contributed by atoms with Crippen LogP contribution >= 0.6 is 0 Å². The van der Waals surface area contributed by atoms with E-state index in [9.17, 15) is 0 Å². The molecule has 2 unspecified atom stereocenters. The van der Waals surface area contributed by atoms with Gasteiger partial charge in [-0.25, -0.2) is 15.0 Å². The lowest BCUT2D eigenvalue weighted by Crippen LogP contribution is -2.29. The normalized spacial score (nSPS) is 24.3. The van der Waals surface area contributed by atoms with E-state index in [-0.39, 0.29) is 0 Å². The van der Waals surface area contributed by atoms with Crippen LogP contribution in [0.3, 0.4) is 0 Å². The van der Waals surface area contributed by atoms with Crippen LogP contribution in [0.5, 0.6) is 0 Å². The van der Waals surface area contributed by atoms with Crippen molar-refractivity contribution in [3.05, 3.63) is 30.5 Å². The maximum Gasteiger partial charge on any atom is 0.297 e. The van der Waals surface area contributed by atoms with E-state index >= 15 is 0 Å². The number of rotatable bonds is 3. The minimum Gasteiger partial charge on any atom is -0.432 e. The Labute approximate surface area is 130 Å². The van der Waals surface area contributed by atoms with Gasteiger partial charge in [0, 0.05) is 49.8 Å². The highest BCUT2D eigenvalue weighted by molar-refractivity contribution is 5.43. The fourth-order valence-electron chi connectivity index (χ4n) is 3.56. The summed E-state index contributed by atoms with van der Waals surface area (Å²) in [5, 5.41) is 0. The molecule has 2 aliphatic heterocycles. The zero-order valence-electron chi connectivity index (χ0n) is 13.0. The second kappa shape index (κ2) is 5.26. The molecule has 0 aliphatic carbocycles. The van der Waals surface area contributed by atoms with Gasteiger partial charge in [0.2, 0.25) is 0 Å². The maximum atomic E-state index is 5.42. The summed E-state index contributed by atoms with van der Waals surface area (Å²) in [4.78, 5) is 17.7. The van der Waals surface area contributed by atoms with Crippen LogP contribution in [0.25, 0.3) is 0 Å². The molecule has 4 heterocycles. The van der Waals surface area contributed by atoms with Crippen molar-refractivity contribution >= 4 is 11.8 Å². The second-order valence-electron chi connectivity index (χ2n) is 6.60. The van der Waals surface area contributed by atoms with Crippen LogP contribution in [0.2, 0.25) is 0 Å². The van der Waals surface area contributed by atoms with E-state index < -0.39 is 0 Å². The highest BCUT2D eigenvalue weighted by Crippen LogP contribution is 2.35. The SMILES string of the molecule is CC(C)c1cc(N2CC3CN(c4ncco4)CC3C2)ncn1. The number of fused-ring (bicyclic) bond motifs is 1. The van der Waals surface area contributed by atoms with Crippen LogP contribution in [-0.4, -0.2) is 41.1 Å². The highest BCUT2D eigenvalue weighted by Gasteiger charge is 2.41. The molecular formula is C16H21N5O. The van der Waals surface area contributed by atoms with Gasteiger partial charge in [0.05, 0.1) is 6.20 Å². The number of anilines is 2. The summed E-state index contributed by atoms with van der Waals surface area (Å²) in [6.45, 7) is 8.47. The van der Waals surface area contributed by atoms with Gasteiger partial charge in [-0.1, -0.05) is 13.8 Å². The minimum atomic E-state index is 0.435. The van der Waals surface area contributed by atoms with E-state index in [2.05, 4.69) is 44.7 Å². The Morgan fingerprint density at radius 3 is 2.41 bits per heavy atom. The number of nitrogens with zero attached hydrogens (tertiary/aromatic N) is 5. The fraction of sp³-hybridized carbons (Fsp3) is 0.562. The third kappa shape index (κ3) is 2.32. The monoisotopic (exact) mass is 299 g/mol. The van der Waals surface area contributed by atoms with E-state index in [0.29, 0.717) is 17.8 Å². The van der Waals surface area contributed by atoms with E-state index in [1.54, 1.807) is 18.8 Å². The molecule has 0 amide bonds. The zero-order valence-corrected chi connectivity index (χ0v) is 13.0. The van der Waals surface area contributed by atoms with E-state index in [4.69, 9.17) is 4.42 Å². The maximum absolute atomic E-state index is 5.42. The highest BCUT2D eigenvalue weighted by atomic mass is 16.4. The Bertz CT molecular complexity index is 628. The van der Waals surface area contributed by atoms with Gasteiger partial charge < -0.3 is 14.2 Å². The molecule has 2 fully saturated rings. The lowest BCUT2D eigenvalue weighted by atomic mass is 10.0. The predicted octanol–water partition coefficient (Wildman–Crippen LogP) is 2.16. The van der Waals surface area contributed by atoms with Gasteiger partial charge in [0.25, 0.3) is 6.01 Å². The van der Waals surface area contributed by atoms with Crippen molar-refractivity contribution in [2.75, 3.05) is 36.0 Å². The standard InChI is InChI=1S/C16H21N5O/c1-11(2)14-5-15(19-10-18-14)20-6-12-8-21(9-13(12)7-20)16-17-3-4-22-16/h3-5,10-13H,6-9H2,1-2H3. The fourth-order valence-corrected chi connectivity index (χ4v) is 3.56. The lowest BCUT2D eigenvalue weighted by molar-refractivity contribution is 0.533. The van der Waals surface area contributed by atoms with Crippen molar-refractivity contribution in [1.82, 2.24) is 15.0 Å². The average molecular weight is 299 g/mol. The summed E-state index contributed by atoms with van der Waals surface area (Å²) in [7, 11) is 0. The number of hydrogen-bond acceptors (Lipinski definition) is 6. The Morgan fingerprint density at radius 2 is 1.77 bits per heavy atom. The molecular weight excluding hydrogens is 278 g/mol. The Hall–Kier alpha value is -2.11. The summed E-state index contributed by atoms with van der Waals surface area (Å²) < 4.78 is 5.42. The third-order valence-electron chi connectivity index (χ3n) is 4.77. The lowest BCUT2D eigenvalue weighted by Gasteiger charge is -2.22. The van der Waals surface area contributed by atoms with E-state index in [1.165, 1.54) is 0 Å². The molecule has 116 valence electrons. The molecule has 6 nitrogen and oxygen atoms in total. The van der Waals surface area contributed by atoms with Gasteiger partial charge in [0.1, 0.15) is 18.4 Å². The van der Waals surface area contributed by atoms with E-state index in [0.717, 1.165) is 43.7 Å². The van der Waals surface area contributed by atoms with Gasteiger partial charge in [-0.15, -0.1) is 0 Å². The van der Waals surface area contributed by atoms with Gasteiger partial charge in [-0.05, 0) is 5.92 Å². The van der Waals surface area contributed by atoms with Crippen molar-refractivity contribution in [3.63, 3.8) is 0 Å². The van der Waals surface area contributed by atoms with Crippen molar-refractivity contribution in [3.8, 4) is 0 Å². The summed E-state index contributed by atoms with van der Waals surface area (Å²) >= 11 is 0. The van der Waals surface area contributed by atoms with Crippen molar-refractivity contribution in [2.45, 2.75) is 19.8 Å². The predicted molar refractivity (Wildman–Crippen MR) is 84.0 cm³/mol.